The Labute approximate surface area is 102 Å². The molecule has 3 amide bonds. The van der Waals surface area contributed by atoms with Crippen LogP contribution in [0.15, 0.2) is 0 Å². The van der Waals surface area contributed by atoms with Crippen LogP contribution < -0.4 is 11.1 Å². The second kappa shape index (κ2) is 3.52. The fraction of sp³-hybridized carbons (Fsp3) is 0.667. The Balaban J connectivity index is 2.21. The van der Waals surface area contributed by atoms with Crippen molar-refractivity contribution in [3.63, 3.8) is 0 Å². The van der Waals surface area contributed by atoms with Crippen molar-refractivity contribution in [2.24, 2.45) is 5.73 Å². The van der Waals surface area contributed by atoms with Gasteiger partial charge in [0.2, 0.25) is 5.91 Å². The van der Waals surface area contributed by atoms with Crippen LogP contribution in [0.5, 0.6) is 0 Å². The number of β-lactam (4-membered cyclic amide) rings is 1. The predicted molar refractivity (Wildman–Crippen MR) is 60.2 cm³/mol. The highest BCUT2D eigenvalue weighted by molar-refractivity contribution is 8.01. The van der Waals surface area contributed by atoms with Gasteiger partial charge in [-0.2, -0.15) is 0 Å². The first-order valence-electron chi connectivity index (χ1n) is 5.04. The number of aliphatic carboxylic acids is 1. The monoisotopic (exact) mass is 259 g/mol. The Morgan fingerprint density at radius 2 is 2.12 bits per heavy atom. The number of primary amides is 1. The SMILES string of the molecule is CC1(C)SC2C(NC(N)=O)C(=O)N2C1C(=O)O. The minimum Gasteiger partial charge on any atom is -0.480 e. The zero-order valence-corrected chi connectivity index (χ0v) is 10.2. The molecule has 0 radical (unpaired) electrons. The molecule has 2 rings (SSSR count). The molecule has 0 bridgehead atoms. The number of hydrogen-bond acceptors (Lipinski definition) is 4. The minimum atomic E-state index is -1.03. The van der Waals surface area contributed by atoms with Gasteiger partial charge in [-0.05, 0) is 13.8 Å². The van der Waals surface area contributed by atoms with Gasteiger partial charge < -0.3 is 21.1 Å². The van der Waals surface area contributed by atoms with Gasteiger partial charge in [-0.3, -0.25) is 4.79 Å². The topological polar surface area (TPSA) is 113 Å². The largest absolute Gasteiger partial charge is 0.480 e. The van der Waals surface area contributed by atoms with Crippen molar-refractivity contribution in [2.75, 3.05) is 0 Å². The summed E-state index contributed by atoms with van der Waals surface area (Å²) in [6.45, 7) is 3.53. The summed E-state index contributed by atoms with van der Waals surface area (Å²) >= 11 is 1.36. The molecule has 0 saturated carbocycles. The summed E-state index contributed by atoms with van der Waals surface area (Å²) in [4.78, 5) is 34.9. The molecule has 0 aliphatic carbocycles. The van der Waals surface area contributed by atoms with Crippen molar-refractivity contribution >= 4 is 29.7 Å². The van der Waals surface area contributed by atoms with Gasteiger partial charge in [0.15, 0.2) is 0 Å². The van der Waals surface area contributed by atoms with E-state index in [0.29, 0.717) is 0 Å². The smallest absolute Gasteiger partial charge is 0.327 e. The molecule has 2 aliphatic heterocycles. The molecule has 7 nitrogen and oxygen atoms in total. The normalized spacial score (nSPS) is 33.9. The Morgan fingerprint density at radius 3 is 2.59 bits per heavy atom. The molecule has 0 spiro atoms. The maximum absolute atomic E-state index is 11.8. The number of carboxylic acid groups (broad SMARTS) is 1. The van der Waals surface area contributed by atoms with Crippen molar-refractivity contribution in [1.29, 1.82) is 0 Å². The molecular weight excluding hydrogens is 246 g/mol. The van der Waals surface area contributed by atoms with Gasteiger partial charge in [0.25, 0.3) is 0 Å². The summed E-state index contributed by atoms with van der Waals surface area (Å²) in [6, 6.07) is -2.35. The molecular formula is C9H13N3O4S. The van der Waals surface area contributed by atoms with E-state index in [1.807, 2.05) is 0 Å². The van der Waals surface area contributed by atoms with E-state index in [1.54, 1.807) is 13.8 Å². The third-order valence-corrected chi connectivity index (χ3v) is 4.54. The number of carboxylic acids is 1. The molecule has 4 N–H and O–H groups in total. The molecule has 2 aliphatic rings. The maximum atomic E-state index is 11.8. The van der Waals surface area contributed by atoms with Gasteiger partial charge in [-0.1, -0.05) is 0 Å². The Kier molecular flexibility index (Phi) is 2.49. The van der Waals surface area contributed by atoms with Crippen molar-refractivity contribution < 1.29 is 19.5 Å². The number of fused-ring (bicyclic) bond motifs is 1. The van der Waals surface area contributed by atoms with Gasteiger partial charge in [0.1, 0.15) is 17.5 Å². The maximum Gasteiger partial charge on any atom is 0.327 e. The Morgan fingerprint density at radius 1 is 1.53 bits per heavy atom. The summed E-state index contributed by atoms with van der Waals surface area (Å²) in [5.41, 5.74) is 4.96. The van der Waals surface area contributed by atoms with Crippen LogP contribution in [-0.4, -0.2) is 50.1 Å². The van der Waals surface area contributed by atoms with Crippen LogP contribution in [0.1, 0.15) is 13.8 Å². The molecule has 17 heavy (non-hydrogen) atoms. The number of thioether (sulfide) groups is 1. The molecule has 2 heterocycles. The minimum absolute atomic E-state index is 0.342. The van der Waals surface area contributed by atoms with E-state index < -0.39 is 28.8 Å². The van der Waals surface area contributed by atoms with Gasteiger partial charge in [-0.15, -0.1) is 11.8 Å². The van der Waals surface area contributed by atoms with Crippen LogP contribution in [0.25, 0.3) is 0 Å². The molecule has 2 saturated heterocycles. The van der Waals surface area contributed by atoms with E-state index in [-0.39, 0.29) is 11.3 Å². The highest BCUT2D eigenvalue weighted by Crippen LogP contribution is 2.50. The van der Waals surface area contributed by atoms with Crippen LogP contribution >= 0.6 is 11.8 Å². The molecule has 8 heteroatoms. The molecule has 2 fully saturated rings. The molecule has 3 unspecified atom stereocenters. The van der Waals surface area contributed by atoms with Gasteiger partial charge in [-0.25, -0.2) is 9.59 Å². The number of urea groups is 1. The van der Waals surface area contributed by atoms with Gasteiger partial charge in [0, 0.05) is 4.75 Å². The average Bonchev–Trinajstić information content (AvgIpc) is 2.43. The van der Waals surface area contributed by atoms with E-state index in [2.05, 4.69) is 5.32 Å². The number of carbonyl (C=O) groups excluding carboxylic acids is 2. The van der Waals surface area contributed by atoms with Crippen molar-refractivity contribution in [2.45, 2.75) is 36.1 Å². The van der Waals surface area contributed by atoms with Crippen molar-refractivity contribution in [3.8, 4) is 0 Å². The lowest BCUT2D eigenvalue weighted by atomic mass is 9.96. The lowest BCUT2D eigenvalue weighted by Gasteiger charge is -2.43. The average molecular weight is 259 g/mol. The summed E-state index contributed by atoms with van der Waals surface area (Å²) < 4.78 is -0.583. The number of carbonyl (C=O) groups is 3. The summed E-state index contributed by atoms with van der Waals surface area (Å²) in [5, 5.41) is 11.1. The fourth-order valence-electron chi connectivity index (χ4n) is 2.30. The predicted octanol–water partition coefficient (Wildman–Crippen LogP) is -0.830. The molecule has 0 aromatic carbocycles. The number of nitrogens with two attached hydrogens (primary N) is 1. The first-order valence-corrected chi connectivity index (χ1v) is 5.92. The van der Waals surface area contributed by atoms with Gasteiger partial charge >= 0.3 is 12.0 Å². The van der Waals surface area contributed by atoms with Gasteiger partial charge in [0.05, 0.1) is 0 Å². The lowest BCUT2D eigenvalue weighted by Crippen LogP contribution is -2.71. The molecule has 3 atom stereocenters. The second-order valence-electron chi connectivity index (χ2n) is 4.58. The number of nitrogens with zero attached hydrogens (tertiary/aromatic N) is 1. The molecule has 94 valence electrons. The van der Waals surface area contributed by atoms with Crippen LogP contribution in [0.3, 0.4) is 0 Å². The lowest BCUT2D eigenvalue weighted by molar-refractivity contribution is -0.159. The van der Waals surface area contributed by atoms with Crippen molar-refractivity contribution in [3.05, 3.63) is 0 Å². The third kappa shape index (κ3) is 1.63. The number of hydrogen-bond donors (Lipinski definition) is 3. The first kappa shape index (κ1) is 12.0. The van der Waals surface area contributed by atoms with Crippen LogP contribution in [0, 0.1) is 0 Å². The number of nitrogens with one attached hydrogen (secondary N) is 1. The summed E-state index contributed by atoms with van der Waals surface area (Å²) in [5.74, 6) is -1.42. The number of amides is 3. The summed E-state index contributed by atoms with van der Waals surface area (Å²) in [7, 11) is 0. The summed E-state index contributed by atoms with van der Waals surface area (Å²) in [6.07, 6.45) is 0. The van der Waals surface area contributed by atoms with E-state index in [1.165, 1.54) is 16.7 Å². The fourth-order valence-corrected chi connectivity index (χ4v) is 3.92. The second-order valence-corrected chi connectivity index (χ2v) is 6.36. The Bertz CT molecular complexity index is 411. The highest BCUT2D eigenvalue weighted by Gasteiger charge is 2.64. The van der Waals surface area contributed by atoms with Crippen LogP contribution in [0.4, 0.5) is 4.79 Å². The standard InChI is InChI=1S/C9H13N3O4S/c1-9(2)4(7(14)15)12-5(13)3(6(12)17-9)11-8(10)16/h3-4,6H,1-2H3,(H,14,15)(H3,10,11,16). The molecule has 0 aromatic heterocycles. The number of rotatable bonds is 2. The zero-order chi connectivity index (χ0) is 13.0. The van der Waals surface area contributed by atoms with E-state index >= 15 is 0 Å². The first-order chi connectivity index (χ1) is 7.75. The van der Waals surface area contributed by atoms with Crippen LogP contribution in [-0.2, 0) is 9.59 Å². The van der Waals surface area contributed by atoms with E-state index in [9.17, 15) is 14.4 Å². The molecule has 0 aromatic rings. The highest BCUT2D eigenvalue weighted by atomic mass is 32.2. The Hall–Kier alpha value is -1.44. The van der Waals surface area contributed by atoms with E-state index in [4.69, 9.17) is 10.8 Å². The zero-order valence-electron chi connectivity index (χ0n) is 9.34. The third-order valence-electron chi connectivity index (χ3n) is 2.97. The van der Waals surface area contributed by atoms with Crippen LogP contribution in [0.2, 0.25) is 0 Å². The van der Waals surface area contributed by atoms with Crippen molar-refractivity contribution in [1.82, 2.24) is 10.2 Å². The quantitative estimate of drug-likeness (QED) is 0.560. The van der Waals surface area contributed by atoms with E-state index in [0.717, 1.165) is 0 Å².